The van der Waals surface area contributed by atoms with Gasteiger partial charge in [-0.1, -0.05) is 6.92 Å². The average molecular weight is 367 g/mol. The zero-order valence-electron chi connectivity index (χ0n) is 16.1. The number of carbonyl (C=O) groups is 3. The number of nitrogens with zero attached hydrogens (tertiary/aromatic N) is 3. The standard InChI is InChI=1S/C16H28F3N3O3/c1-9-20(6)10(2)12(23)21(7)11(3)13(24)22(8)15(4,5)14(25)16(17,18)19/h10-11H,9H2,1-8H3. The van der Waals surface area contributed by atoms with Crippen LogP contribution in [0.3, 0.4) is 0 Å². The fourth-order valence-electron chi connectivity index (χ4n) is 2.17. The third-order valence-corrected chi connectivity index (χ3v) is 4.79. The number of halogens is 3. The van der Waals surface area contributed by atoms with Crippen molar-refractivity contribution in [3.63, 3.8) is 0 Å². The number of alkyl halides is 3. The van der Waals surface area contributed by atoms with Crippen LogP contribution < -0.4 is 0 Å². The molecule has 0 aromatic carbocycles. The topological polar surface area (TPSA) is 60.9 Å². The van der Waals surface area contributed by atoms with E-state index in [2.05, 4.69) is 0 Å². The second kappa shape index (κ2) is 8.16. The van der Waals surface area contributed by atoms with Gasteiger partial charge >= 0.3 is 6.18 Å². The molecular weight excluding hydrogens is 339 g/mol. The minimum Gasteiger partial charge on any atom is -0.333 e. The molecule has 0 spiro atoms. The van der Waals surface area contributed by atoms with Crippen molar-refractivity contribution in [2.75, 3.05) is 27.7 Å². The molecule has 0 aliphatic rings. The molecule has 0 aliphatic carbocycles. The van der Waals surface area contributed by atoms with Crippen molar-refractivity contribution in [2.24, 2.45) is 0 Å². The lowest BCUT2D eigenvalue weighted by molar-refractivity contribution is -0.183. The van der Waals surface area contributed by atoms with Gasteiger partial charge in [-0.15, -0.1) is 0 Å². The number of hydrogen-bond donors (Lipinski definition) is 0. The van der Waals surface area contributed by atoms with Crippen LogP contribution >= 0.6 is 0 Å². The zero-order chi connectivity index (χ0) is 20.3. The Labute approximate surface area is 146 Å². The van der Waals surface area contributed by atoms with E-state index < -0.39 is 35.5 Å². The van der Waals surface area contributed by atoms with E-state index in [1.54, 1.807) is 18.9 Å². The van der Waals surface area contributed by atoms with Crippen molar-refractivity contribution in [3.8, 4) is 0 Å². The highest BCUT2D eigenvalue weighted by atomic mass is 19.4. The van der Waals surface area contributed by atoms with E-state index in [4.69, 9.17) is 0 Å². The molecule has 2 amide bonds. The minimum atomic E-state index is -5.05. The van der Waals surface area contributed by atoms with Gasteiger partial charge in [0.25, 0.3) is 5.78 Å². The summed E-state index contributed by atoms with van der Waals surface area (Å²) in [6, 6.07) is -1.49. The Morgan fingerprint density at radius 3 is 1.72 bits per heavy atom. The number of amides is 2. The third kappa shape index (κ3) is 5.17. The highest BCUT2D eigenvalue weighted by molar-refractivity contribution is 5.97. The summed E-state index contributed by atoms with van der Waals surface area (Å²) < 4.78 is 38.2. The molecule has 0 rings (SSSR count). The molecule has 9 heteroatoms. The van der Waals surface area contributed by atoms with E-state index >= 15 is 0 Å². The van der Waals surface area contributed by atoms with Crippen molar-refractivity contribution in [2.45, 2.75) is 58.4 Å². The number of hydrogen-bond acceptors (Lipinski definition) is 4. The smallest absolute Gasteiger partial charge is 0.333 e. The van der Waals surface area contributed by atoms with Gasteiger partial charge < -0.3 is 9.80 Å². The van der Waals surface area contributed by atoms with Gasteiger partial charge in [0.15, 0.2) is 0 Å². The quantitative estimate of drug-likeness (QED) is 0.685. The van der Waals surface area contributed by atoms with Crippen LogP contribution in [0.4, 0.5) is 13.2 Å². The van der Waals surface area contributed by atoms with Crippen molar-refractivity contribution in [3.05, 3.63) is 0 Å². The van der Waals surface area contributed by atoms with Gasteiger partial charge in [-0.05, 0) is 41.3 Å². The van der Waals surface area contributed by atoms with Crippen molar-refractivity contribution in [1.82, 2.24) is 14.7 Å². The zero-order valence-corrected chi connectivity index (χ0v) is 16.1. The Kier molecular flexibility index (Phi) is 7.62. The average Bonchev–Trinajstić information content (AvgIpc) is 2.54. The number of likely N-dealkylation sites (N-methyl/N-ethyl adjacent to an activating group) is 3. The van der Waals surface area contributed by atoms with Gasteiger partial charge in [0.2, 0.25) is 11.8 Å². The molecule has 0 bridgehead atoms. The van der Waals surface area contributed by atoms with Crippen LogP contribution in [0.15, 0.2) is 0 Å². The van der Waals surface area contributed by atoms with E-state index in [-0.39, 0.29) is 5.91 Å². The van der Waals surface area contributed by atoms with Gasteiger partial charge in [-0.2, -0.15) is 13.2 Å². The molecule has 6 nitrogen and oxygen atoms in total. The van der Waals surface area contributed by atoms with Crippen LogP contribution in [0.1, 0.15) is 34.6 Å². The Balaban J connectivity index is 5.33. The van der Waals surface area contributed by atoms with Crippen LogP contribution in [0.25, 0.3) is 0 Å². The van der Waals surface area contributed by atoms with Crippen molar-refractivity contribution in [1.29, 1.82) is 0 Å². The maximum absolute atomic E-state index is 12.7. The van der Waals surface area contributed by atoms with Gasteiger partial charge in [0.05, 0.1) is 6.04 Å². The Morgan fingerprint density at radius 1 is 0.920 bits per heavy atom. The summed E-state index contributed by atoms with van der Waals surface area (Å²) in [5.74, 6) is -3.10. The maximum atomic E-state index is 12.7. The first-order valence-corrected chi connectivity index (χ1v) is 7.96. The number of rotatable bonds is 7. The summed E-state index contributed by atoms with van der Waals surface area (Å²) in [6.45, 7) is 7.66. The van der Waals surface area contributed by atoms with Gasteiger partial charge in [0, 0.05) is 14.1 Å². The fourth-order valence-corrected chi connectivity index (χ4v) is 2.17. The number of Topliss-reactive ketones (excluding diaryl/α,β-unsaturated/α-hetero) is 1. The van der Waals surface area contributed by atoms with Gasteiger partial charge in [0.1, 0.15) is 11.6 Å². The molecule has 0 heterocycles. The van der Waals surface area contributed by atoms with Crippen LogP contribution in [0, 0.1) is 0 Å². The third-order valence-electron chi connectivity index (χ3n) is 4.79. The summed E-state index contributed by atoms with van der Waals surface area (Å²) >= 11 is 0. The largest absolute Gasteiger partial charge is 0.452 e. The summed E-state index contributed by atoms with van der Waals surface area (Å²) in [7, 11) is 4.29. The highest BCUT2D eigenvalue weighted by Gasteiger charge is 2.51. The molecule has 2 atom stereocenters. The van der Waals surface area contributed by atoms with Crippen LogP contribution in [-0.4, -0.2) is 83.8 Å². The monoisotopic (exact) mass is 367 g/mol. The Bertz CT molecular complexity index is 520. The number of ketones is 1. The molecule has 0 radical (unpaired) electrons. The first-order chi connectivity index (χ1) is 11.1. The predicted molar refractivity (Wildman–Crippen MR) is 87.9 cm³/mol. The maximum Gasteiger partial charge on any atom is 0.452 e. The Morgan fingerprint density at radius 2 is 1.36 bits per heavy atom. The van der Waals surface area contributed by atoms with Gasteiger partial charge in [-0.25, -0.2) is 0 Å². The van der Waals surface area contributed by atoms with Crippen molar-refractivity contribution < 1.29 is 27.6 Å². The van der Waals surface area contributed by atoms with E-state index in [0.717, 1.165) is 25.8 Å². The highest BCUT2D eigenvalue weighted by Crippen LogP contribution is 2.27. The molecule has 0 fully saturated rings. The molecule has 0 N–H and O–H groups in total. The molecule has 2 unspecified atom stereocenters. The molecule has 0 aromatic heterocycles. The molecule has 25 heavy (non-hydrogen) atoms. The minimum absolute atomic E-state index is 0.335. The Hall–Kier alpha value is -1.64. The fraction of sp³-hybridized carbons (Fsp3) is 0.812. The molecule has 0 aromatic rings. The second-order valence-corrected chi connectivity index (χ2v) is 6.66. The number of carbonyl (C=O) groups excluding carboxylic acids is 3. The molecule has 0 saturated heterocycles. The van der Waals surface area contributed by atoms with E-state index in [0.29, 0.717) is 6.54 Å². The van der Waals surface area contributed by atoms with E-state index in [9.17, 15) is 27.6 Å². The summed E-state index contributed by atoms with van der Waals surface area (Å²) in [5.41, 5.74) is -2.07. The van der Waals surface area contributed by atoms with Gasteiger partial charge in [-0.3, -0.25) is 19.3 Å². The van der Waals surface area contributed by atoms with Crippen LogP contribution in [-0.2, 0) is 14.4 Å². The lowest BCUT2D eigenvalue weighted by Crippen LogP contribution is -2.60. The lowest BCUT2D eigenvalue weighted by atomic mass is 9.95. The molecule has 0 saturated carbocycles. The normalized spacial score (nSPS) is 14.9. The summed E-state index contributed by atoms with van der Waals surface area (Å²) in [6.07, 6.45) is -5.05. The SMILES string of the molecule is CCN(C)C(C)C(=O)N(C)C(C)C(=O)N(C)C(C)(C)C(=O)C(F)(F)F. The summed E-state index contributed by atoms with van der Waals surface area (Å²) in [4.78, 5) is 40.2. The van der Waals surface area contributed by atoms with Crippen LogP contribution in [0.2, 0.25) is 0 Å². The van der Waals surface area contributed by atoms with E-state index in [1.165, 1.54) is 18.9 Å². The predicted octanol–water partition coefficient (Wildman–Crippen LogP) is 1.54. The van der Waals surface area contributed by atoms with Crippen molar-refractivity contribution >= 4 is 17.6 Å². The second-order valence-electron chi connectivity index (χ2n) is 6.66. The summed E-state index contributed by atoms with van der Waals surface area (Å²) in [5, 5.41) is 0. The van der Waals surface area contributed by atoms with E-state index in [1.807, 2.05) is 6.92 Å². The first kappa shape index (κ1) is 23.4. The first-order valence-electron chi connectivity index (χ1n) is 7.96. The molecular formula is C16H28F3N3O3. The van der Waals surface area contributed by atoms with Crippen LogP contribution in [0.5, 0.6) is 0 Å². The lowest BCUT2D eigenvalue weighted by Gasteiger charge is -2.38. The molecule has 146 valence electrons. The molecule has 0 aliphatic heterocycles.